The first-order chi connectivity index (χ1) is 19.8. The highest BCUT2D eigenvalue weighted by Crippen LogP contribution is 2.45. The van der Waals surface area contributed by atoms with Crippen LogP contribution < -0.4 is 10.1 Å². The molecule has 9 nitrogen and oxygen atoms in total. The summed E-state index contributed by atoms with van der Waals surface area (Å²) in [6.45, 7) is 0.275. The van der Waals surface area contributed by atoms with Crippen molar-refractivity contribution in [2.75, 3.05) is 12.4 Å². The Balaban J connectivity index is 1.19. The summed E-state index contributed by atoms with van der Waals surface area (Å²) in [5, 5.41) is 7.25. The highest BCUT2D eigenvalue weighted by atomic mass is 19.4. The van der Waals surface area contributed by atoms with Crippen LogP contribution in [0.15, 0.2) is 42.9 Å². The molecule has 4 aromatic heterocycles. The Kier molecular flexibility index (Phi) is 5.91. The number of halogens is 4. The number of aromatic amines is 1. The van der Waals surface area contributed by atoms with E-state index in [0.717, 1.165) is 43.0 Å². The van der Waals surface area contributed by atoms with E-state index in [1.165, 1.54) is 24.3 Å². The van der Waals surface area contributed by atoms with Crippen molar-refractivity contribution in [1.29, 1.82) is 0 Å². The van der Waals surface area contributed by atoms with E-state index in [2.05, 4.69) is 35.3 Å². The van der Waals surface area contributed by atoms with Gasteiger partial charge in [-0.1, -0.05) is 12.1 Å². The zero-order valence-electron chi connectivity index (χ0n) is 21.8. The predicted octanol–water partition coefficient (Wildman–Crippen LogP) is 6.13. The first kappa shape index (κ1) is 25.4. The fourth-order valence-electron chi connectivity index (χ4n) is 5.00. The number of rotatable bonds is 8. The number of hydrogen-bond donors (Lipinski definition) is 2. The van der Waals surface area contributed by atoms with Crippen molar-refractivity contribution < 1.29 is 22.3 Å². The molecule has 41 heavy (non-hydrogen) atoms. The maximum absolute atomic E-state index is 14.8. The Bertz CT molecular complexity index is 1750. The first-order valence-corrected chi connectivity index (χ1v) is 13.2. The maximum atomic E-state index is 14.8. The van der Waals surface area contributed by atoms with Crippen molar-refractivity contribution in [1.82, 2.24) is 34.7 Å². The van der Waals surface area contributed by atoms with E-state index in [9.17, 15) is 17.6 Å². The van der Waals surface area contributed by atoms with Crippen molar-refractivity contribution in [3.05, 3.63) is 71.3 Å². The minimum atomic E-state index is -4.51. The molecule has 0 atom stereocenters. The number of aromatic nitrogens is 7. The molecule has 0 radical (unpaired) electrons. The van der Waals surface area contributed by atoms with Gasteiger partial charge in [0.05, 0.1) is 23.9 Å². The van der Waals surface area contributed by atoms with Gasteiger partial charge in [-0.25, -0.2) is 29.0 Å². The molecular formula is C28H24F4N8O. The second-order valence-electron chi connectivity index (χ2n) is 10.3. The lowest BCUT2D eigenvalue weighted by Crippen LogP contribution is -2.08. The lowest BCUT2D eigenvalue weighted by atomic mass is 10.1. The Hall–Kier alpha value is -4.55. The molecule has 2 aliphatic carbocycles. The van der Waals surface area contributed by atoms with E-state index < -0.39 is 17.7 Å². The minimum absolute atomic E-state index is 0.0830. The lowest BCUT2D eigenvalue weighted by Gasteiger charge is -2.13. The Labute approximate surface area is 231 Å². The summed E-state index contributed by atoms with van der Waals surface area (Å²) < 4.78 is 61.6. The van der Waals surface area contributed by atoms with Crippen LogP contribution in [0.3, 0.4) is 0 Å². The van der Waals surface area contributed by atoms with Gasteiger partial charge in [0.15, 0.2) is 17.3 Å². The molecule has 0 aliphatic heterocycles. The highest BCUT2D eigenvalue weighted by molar-refractivity contribution is 5.90. The molecule has 210 valence electrons. The molecule has 0 spiro atoms. The number of nitrogens with one attached hydrogen (secondary N) is 2. The van der Waals surface area contributed by atoms with Crippen LogP contribution >= 0.6 is 0 Å². The number of methoxy groups -OCH3 is 1. The van der Waals surface area contributed by atoms with Gasteiger partial charge in [0.1, 0.15) is 23.4 Å². The fourth-order valence-corrected chi connectivity index (χ4v) is 5.00. The van der Waals surface area contributed by atoms with Gasteiger partial charge in [0.25, 0.3) is 0 Å². The first-order valence-electron chi connectivity index (χ1n) is 13.2. The maximum Gasteiger partial charge on any atom is 0.435 e. The quantitative estimate of drug-likeness (QED) is 0.218. The summed E-state index contributed by atoms with van der Waals surface area (Å²) in [6, 6.07) is 8.17. The zero-order chi connectivity index (χ0) is 28.3. The zero-order valence-corrected chi connectivity index (χ0v) is 21.8. The summed E-state index contributed by atoms with van der Waals surface area (Å²) in [6.07, 6.45) is 1.84. The second-order valence-corrected chi connectivity index (χ2v) is 10.3. The monoisotopic (exact) mass is 564 g/mol. The van der Waals surface area contributed by atoms with Gasteiger partial charge < -0.3 is 15.0 Å². The van der Waals surface area contributed by atoms with E-state index in [1.807, 2.05) is 0 Å². The molecule has 1 aromatic carbocycles. The SMILES string of the molecule is COc1ncnc(C2CC2)c1-c1nc(NCc2ccc(-n3nc(C(F)(F)F)cc3C3CC3)cc2)c2c(F)c[nH]c2n1. The van der Waals surface area contributed by atoms with E-state index in [-0.39, 0.29) is 29.6 Å². The van der Waals surface area contributed by atoms with Crippen LogP contribution in [0.2, 0.25) is 0 Å². The Morgan fingerprint density at radius 3 is 2.49 bits per heavy atom. The van der Waals surface area contributed by atoms with Crippen molar-refractivity contribution >= 4 is 16.9 Å². The van der Waals surface area contributed by atoms with Crippen molar-refractivity contribution in [2.45, 2.75) is 50.2 Å². The number of anilines is 1. The average molecular weight is 565 g/mol. The van der Waals surface area contributed by atoms with Crippen LogP contribution in [-0.2, 0) is 12.7 Å². The van der Waals surface area contributed by atoms with Crippen LogP contribution in [0.4, 0.5) is 23.4 Å². The van der Waals surface area contributed by atoms with E-state index in [4.69, 9.17) is 4.74 Å². The molecular weight excluding hydrogens is 540 g/mol. The van der Waals surface area contributed by atoms with Crippen LogP contribution in [-0.4, -0.2) is 41.8 Å². The van der Waals surface area contributed by atoms with E-state index >= 15 is 0 Å². The number of ether oxygens (including phenoxy) is 1. The summed E-state index contributed by atoms with van der Waals surface area (Å²) >= 11 is 0. The molecule has 2 fully saturated rings. The van der Waals surface area contributed by atoms with Crippen molar-refractivity contribution in [3.8, 4) is 23.0 Å². The van der Waals surface area contributed by atoms with Crippen LogP contribution in [0.25, 0.3) is 28.1 Å². The molecule has 2 saturated carbocycles. The summed E-state index contributed by atoms with van der Waals surface area (Å²) in [5.41, 5.74) is 2.70. The number of H-pyrrole nitrogens is 1. The third-order valence-electron chi connectivity index (χ3n) is 7.37. The molecule has 2 aliphatic rings. The Morgan fingerprint density at radius 2 is 1.80 bits per heavy atom. The topological polar surface area (TPSA) is 106 Å². The lowest BCUT2D eigenvalue weighted by molar-refractivity contribution is -0.141. The van der Waals surface area contributed by atoms with Crippen molar-refractivity contribution in [2.24, 2.45) is 0 Å². The van der Waals surface area contributed by atoms with Gasteiger partial charge in [0.2, 0.25) is 5.88 Å². The van der Waals surface area contributed by atoms with Gasteiger partial charge in [-0.05, 0) is 49.4 Å². The summed E-state index contributed by atoms with van der Waals surface area (Å²) in [7, 11) is 1.51. The molecule has 0 unspecified atom stereocenters. The normalized spacial score (nSPS) is 15.4. The molecule has 2 N–H and O–H groups in total. The smallest absolute Gasteiger partial charge is 0.435 e. The fraction of sp³-hybridized carbons (Fsp3) is 0.321. The van der Waals surface area contributed by atoms with Gasteiger partial charge in [0, 0.05) is 30.3 Å². The summed E-state index contributed by atoms with van der Waals surface area (Å²) in [5.74, 6) is 0.766. The summed E-state index contributed by atoms with van der Waals surface area (Å²) in [4.78, 5) is 20.8. The predicted molar refractivity (Wildman–Crippen MR) is 141 cm³/mol. The molecule has 0 bridgehead atoms. The van der Waals surface area contributed by atoms with Crippen molar-refractivity contribution in [3.63, 3.8) is 0 Å². The third kappa shape index (κ3) is 4.74. The third-order valence-corrected chi connectivity index (χ3v) is 7.37. The molecule has 7 rings (SSSR count). The minimum Gasteiger partial charge on any atom is -0.480 e. The average Bonchev–Trinajstić information content (AvgIpc) is 3.91. The molecule has 0 amide bonds. The standard InChI is InChI=1S/C28H24F4N8O/c1-41-27-22(23(16-6-7-16)35-13-36-27)26-37-24(21-18(29)12-34-25(21)38-26)33-11-14-2-8-17(9-3-14)40-19(15-4-5-15)10-20(39-40)28(30,31)32/h2-3,8-10,12-13,15-16H,4-7,11H2,1H3,(H2,33,34,37,38). The van der Waals surface area contributed by atoms with Gasteiger partial charge in [-0.15, -0.1) is 0 Å². The molecule has 5 aromatic rings. The van der Waals surface area contributed by atoms with E-state index in [1.54, 1.807) is 24.3 Å². The Morgan fingerprint density at radius 1 is 1.05 bits per heavy atom. The number of benzene rings is 1. The molecule has 13 heteroatoms. The number of fused-ring (bicyclic) bond motifs is 1. The highest BCUT2D eigenvalue weighted by Gasteiger charge is 2.38. The second kappa shape index (κ2) is 9.53. The number of nitrogens with zero attached hydrogens (tertiary/aromatic N) is 6. The number of alkyl halides is 3. The molecule has 0 saturated heterocycles. The molecule has 4 heterocycles. The largest absolute Gasteiger partial charge is 0.480 e. The van der Waals surface area contributed by atoms with Gasteiger partial charge in [-0.3, -0.25) is 0 Å². The van der Waals surface area contributed by atoms with Gasteiger partial charge >= 0.3 is 6.18 Å². The van der Waals surface area contributed by atoms with Crippen LogP contribution in [0, 0.1) is 5.82 Å². The van der Waals surface area contributed by atoms with Crippen LogP contribution in [0.5, 0.6) is 5.88 Å². The van der Waals surface area contributed by atoms with Gasteiger partial charge in [-0.2, -0.15) is 18.3 Å². The van der Waals surface area contributed by atoms with E-state index in [0.29, 0.717) is 34.3 Å². The number of hydrogen-bond acceptors (Lipinski definition) is 7. The van der Waals surface area contributed by atoms with Crippen LogP contribution in [0.1, 0.15) is 60.2 Å².